The number of aryl methyl sites for hydroxylation is 2. The number of aromatic amines is 1. The zero-order valence-corrected chi connectivity index (χ0v) is 12.1. The number of carboxylic acids is 1. The Balaban J connectivity index is 2.02. The van der Waals surface area contributed by atoms with Crippen LogP contribution in [0, 0.1) is 6.92 Å². The van der Waals surface area contributed by atoms with Crippen molar-refractivity contribution in [3.8, 4) is 0 Å². The number of aromatic carboxylic acids is 1. The number of nitrogens with one attached hydrogen (secondary N) is 2. The topological polar surface area (TPSA) is 130 Å². The van der Waals surface area contributed by atoms with Gasteiger partial charge in [-0.05, 0) is 13.3 Å². The Bertz CT molecular complexity index is 720. The van der Waals surface area contributed by atoms with E-state index in [4.69, 9.17) is 5.11 Å². The smallest absolute Gasteiger partial charge is 0.357 e. The highest BCUT2D eigenvalue weighted by molar-refractivity contribution is 7.89. The van der Waals surface area contributed by atoms with Crippen LogP contribution < -0.4 is 4.72 Å². The third kappa shape index (κ3) is 3.47. The average Bonchev–Trinajstić information content (AvgIpc) is 3.03. The van der Waals surface area contributed by atoms with Gasteiger partial charge in [-0.25, -0.2) is 22.9 Å². The lowest BCUT2D eigenvalue weighted by Crippen LogP contribution is -2.27. The molecule has 9 nitrogen and oxygen atoms in total. The Morgan fingerprint density at radius 3 is 2.90 bits per heavy atom. The van der Waals surface area contributed by atoms with Crippen molar-refractivity contribution in [3.05, 3.63) is 30.1 Å². The number of imidazole rings is 1. The maximum atomic E-state index is 12.1. The van der Waals surface area contributed by atoms with E-state index in [9.17, 15) is 13.2 Å². The molecule has 0 amide bonds. The van der Waals surface area contributed by atoms with Crippen molar-refractivity contribution in [2.75, 3.05) is 6.54 Å². The van der Waals surface area contributed by atoms with Crippen LogP contribution in [0.1, 0.15) is 22.6 Å². The highest BCUT2D eigenvalue weighted by Gasteiger charge is 2.27. The molecule has 3 N–H and O–H groups in total. The minimum absolute atomic E-state index is 0.185. The summed E-state index contributed by atoms with van der Waals surface area (Å²) in [4.78, 5) is 14.5. The van der Waals surface area contributed by atoms with Gasteiger partial charge in [0.25, 0.3) is 0 Å². The largest absolute Gasteiger partial charge is 0.476 e. The Kier molecular flexibility index (Phi) is 4.38. The molecule has 0 spiro atoms. The molecule has 0 saturated heterocycles. The predicted molar refractivity (Wildman–Crippen MR) is 72.3 cm³/mol. The van der Waals surface area contributed by atoms with Crippen LogP contribution in [0.2, 0.25) is 0 Å². The molecule has 2 aromatic rings. The lowest BCUT2D eigenvalue weighted by atomic mass is 10.4. The summed E-state index contributed by atoms with van der Waals surface area (Å²) in [7, 11) is -3.91. The predicted octanol–water partition coefficient (Wildman–Crippen LogP) is -0.0186. The van der Waals surface area contributed by atoms with Crippen LogP contribution in [0.25, 0.3) is 0 Å². The number of hydrogen-bond acceptors (Lipinski definition) is 5. The first-order chi connectivity index (χ1) is 9.92. The summed E-state index contributed by atoms with van der Waals surface area (Å²) in [6.07, 6.45) is 5.60. The van der Waals surface area contributed by atoms with E-state index in [1.165, 1.54) is 6.92 Å². The van der Waals surface area contributed by atoms with Crippen LogP contribution in [0.3, 0.4) is 0 Å². The molecule has 2 heterocycles. The number of carbonyl (C=O) groups is 1. The Morgan fingerprint density at radius 2 is 2.29 bits per heavy atom. The molecule has 0 saturated carbocycles. The van der Waals surface area contributed by atoms with E-state index < -0.39 is 21.7 Å². The fourth-order valence-electron chi connectivity index (χ4n) is 1.85. The van der Waals surface area contributed by atoms with Crippen molar-refractivity contribution in [1.82, 2.24) is 24.5 Å². The van der Waals surface area contributed by atoms with Gasteiger partial charge in [0, 0.05) is 25.5 Å². The van der Waals surface area contributed by atoms with Crippen LogP contribution in [-0.2, 0) is 16.6 Å². The summed E-state index contributed by atoms with van der Waals surface area (Å²) in [5.41, 5.74) is -0.316. The van der Waals surface area contributed by atoms with E-state index in [2.05, 4.69) is 19.9 Å². The summed E-state index contributed by atoms with van der Waals surface area (Å²) < 4.78 is 28.5. The van der Waals surface area contributed by atoms with E-state index in [1.54, 1.807) is 18.7 Å². The third-order valence-corrected chi connectivity index (χ3v) is 4.43. The summed E-state index contributed by atoms with van der Waals surface area (Å²) in [5.74, 6) is -1.39. The molecule has 21 heavy (non-hydrogen) atoms. The molecule has 0 aliphatic carbocycles. The maximum Gasteiger partial charge on any atom is 0.357 e. The molecule has 0 aliphatic heterocycles. The van der Waals surface area contributed by atoms with Gasteiger partial charge in [-0.1, -0.05) is 0 Å². The molecule has 0 aliphatic rings. The van der Waals surface area contributed by atoms with Gasteiger partial charge < -0.3 is 9.67 Å². The fourth-order valence-corrected chi connectivity index (χ4v) is 3.25. The molecule has 0 unspecified atom stereocenters. The van der Waals surface area contributed by atoms with Gasteiger partial charge in [0.15, 0.2) is 5.69 Å². The molecular formula is C11H15N5O4S. The summed E-state index contributed by atoms with van der Waals surface area (Å²) >= 11 is 0. The quantitative estimate of drug-likeness (QED) is 0.616. The monoisotopic (exact) mass is 313 g/mol. The van der Waals surface area contributed by atoms with Crippen LogP contribution in [0.4, 0.5) is 0 Å². The second-order valence-corrected chi connectivity index (χ2v) is 6.09. The van der Waals surface area contributed by atoms with E-state index in [0.717, 1.165) is 0 Å². The first kappa shape index (κ1) is 15.2. The lowest BCUT2D eigenvalue weighted by Gasteiger charge is -2.07. The number of hydrogen-bond donors (Lipinski definition) is 3. The SMILES string of the molecule is Cc1[nH]nc(C(=O)O)c1S(=O)(=O)NCCCn1ccnc1. The Morgan fingerprint density at radius 1 is 1.52 bits per heavy atom. The van der Waals surface area contributed by atoms with Crippen LogP contribution in [-0.4, -0.2) is 45.8 Å². The molecule has 0 bridgehead atoms. The Labute approximate surface area is 121 Å². The van der Waals surface area contributed by atoms with Gasteiger partial charge in [-0.15, -0.1) is 0 Å². The van der Waals surface area contributed by atoms with Crippen LogP contribution in [0.15, 0.2) is 23.6 Å². The van der Waals surface area contributed by atoms with Gasteiger partial charge in [-0.3, -0.25) is 5.10 Å². The van der Waals surface area contributed by atoms with Crippen LogP contribution in [0.5, 0.6) is 0 Å². The highest BCUT2D eigenvalue weighted by atomic mass is 32.2. The van der Waals surface area contributed by atoms with Gasteiger partial charge >= 0.3 is 5.97 Å². The normalized spacial score (nSPS) is 11.7. The molecule has 114 valence electrons. The Hall–Kier alpha value is -2.20. The maximum absolute atomic E-state index is 12.1. The molecule has 2 aromatic heterocycles. The van der Waals surface area contributed by atoms with Gasteiger partial charge in [0.05, 0.1) is 12.0 Å². The van der Waals surface area contributed by atoms with Crippen LogP contribution >= 0.6 is 0 Å². The number of aromatic nitrogens is 4. The number of rotatable bonds is 7. The van der Waals surface area contributed by atoms with Crippen molar-refractivity contribution >= 4 is 16.0 Å². The molecule has 2 rings (SSSR count). The number of sulfonamides is 1. The number of H-pyrrole nitrogens is 1. The molecular weight excluding hydrogens is 298 g/mol. The van der Waals surface area contributed by atoms with E-state index >= 15 is 0 Å². The minimum atomic E-state index is -3.91. The van der Waals surface area contributed by atoms with Crippen molar-refractivity contribution in [3.63, 3.8) is 0 Å². The third-order valence-electron chi connectivity index (χ3n) is 2.81. The minimum Gasteiger partial charge on any atom is -0.476 e. The van der Waals surface area contributed by atoms with E-state index in [0.29, 0.717) is 13.0 Å². The molecule has 0 atom stereocenters. The summed E-state index contributed by atoms with van der Waals surface area (Å²) in [6, 6.07) is 0. The van der Waals surface area contributed by atoms with E-state index in [-0.39, 0.29) is 17.1 Å². The second kappa shape index (κ2) is 6.06. The lowest BCUT2D eigenvalue weighted by molar-refractivity contribution is 0.0686. The van der Waals surface area contributed by atoms with Gasteiger partial charge in [0.1, 0.15) is 4.90 Å². The average molecular weight is 313 g/mol. The van der Waals surface area contributed by atoms with Crippen molar-refractivity contribution in [2.24, 2.45) is 0 Å². The molecule has 0 radical (unpaired) electrons. The fraction of sp³-hybridized carbons (Fsp3) is 0.364. The van der Waals surface area contributed by atoms with Gasteiger partial charge in [0.2, 0.25) is 10.0 Å². The van der Waals surface area contributed by atoms with Crippen molar-refractivity contribution < 1.29 is 18.3 Å². The molecule has 10 heteroatoms. The van der Waals surface area contributed by atoms with Crippen molar-refractivity contribution in [2.45, 2.75) is 24.8 Å². The standard InChI is InChI=1S/C11H15N5O4S/c1-8-10(9(11(17)18)15-14-8)21(19,20)13-3-2-5-16-6-4-12-7-16/h4,6-7,13H,2-3,5H2,1H3,(H,14,15)(H,17,18). The molecule has 0 fully saturated rings. The number of nitrogens with zero attached hydrogens (tertiary/aromatic N) is 3. The second-order valence-electron chi connectivity index (χ2n) is 4.38. The number of carboxylic acid groups (broad SMARTS) is 1. The zero-order chi connectivity index (χ0) is 15.5. The first-order valence-electron chi connectivity index (χ1n) is 6.15. The van der Waals surface area contributed by atoms with E-state index in [1.807, 2.05) is 4.57 Å². The summed E-state index contributed by atoms with van der Waals surface area (Å²) in [6.45, 7) is 2.25. The first-order valence-corrected chi connectivity index (χ1v) is 7.64. The summed E-state index contributed by atoms with van der Waals surface area (Å²) in [5, 5.41) is 14.8. The highest BCUT2D eigenvalue weighted by Crippen LogP contribution is 2.17. The zero-order valence-electron chi connectivity index (χ0n) is 11.3. The van der Waals surface area contributed by atoms with Gasteiger partial charge in [-0.2, -0.15) is 5.10 Å². The van der Waals surface area contributed by atoms with Crippen molar-refractivity contribution in [1.29, 1.82) is 0 Å². The molecule has 0 aromatic carbocycles.